The lowest BCUT2D eigenvalue weighted by Gasteiger charge is -2.57. The highest BCUT2D eigenvalue weighted by molar-refractivity contribution is 5.90. The Kier molecular flexibility index (Phi) is 6.00. The van der Waals surface area contributed by atoms with Gasteiger partial charge in [-0.1, -0.05) is 50.1 Å². The van der Waals surface area contributed by atoms with E-state index in [2.05, 4.69) is 35.0 Å². The molecule has 0 unspecified atom stereocenters. The molecule has 1 aromatic rings. The minimum atomic E-state index is 0.0384. The van der Waals surface area contributed by atoms with Crippen LogP contribution in [-0.2, 0) is 0 Å². The molecule has 29 heavy (non-hydrogen) atoms. The molecular formula is C25H37N3O. The lowest BCUT2D eigenvalue weighted by atomic mass is 9.49. The summed E-state index contributed by atoms with van der Waals surface area (Å²) in [6.07, 6.45) is 8.84. The predicted molar refractivity (Wildman–Crippen MR) is 120 cm³/mol. The fourth-order valence-electron chi connectivity index (χ4n) is 5.48. The first-order valence-electron chi connectivity index (χ1n) is 11.5. The Morgan fingerprint density at radius 1 is 1.21 bits per heavy atom. The standard InChI is InChI=1S/C25H37N3O/c1-19-9-5-6-10-23(19)26-24(29)28(16-15-27-13-7-4-8-14-27)18-20-11-12-21-17-22(20)25(21,2)3/h5-6,9-11,21-22H,4,7-8,12-18H2,1-3H3,(H,26,29)/t21-,22-/m1/s1. The number of hydrogen-bond donors (Lipinski definition) is 1. The van der Waals surface area contributed by atoms with E-state index in [1.165, 1.54) is 50.8 Å². The highest BCUT2D eigenvalue weighted by Crippen LogP contribution is 2.59. The molecule has 1 N–H and O–H groups in total. The lowest BCUT2D eigenvalue weighted by molar-refractivity contribution is -0.00966. The van der Waals surface area contributed by atoms with Gasteiger partial charge in [-0.05, 0) is 74.6 Å². The fourth-order valence-corrected chi connectivity index (χ4v) is 5.48. The van der Waals surface area contributed by atoms with E-state index in [-0.39, 0.29) is 6.03 Å². The van der Waals surface area contributed by atoms with Gasteiger partial charge in [-0.3, -0.25) is 0 Å². The van der Waals surface area contributed by atoms with Gasteiger partial charge in [0, 0.05) is 25.3 Å². The molecule has 1 aliphatic heterocycles. The van der Waals surface area contributed by atoms with E-state index in [9.17, 15) is 4.79 Å². The van der Waals surface area contributed by atoms with Crippen LogP contribution in [0.3, 0.4) is 0 Å². The molecule has 0 radical (unpaired) electrons. The summed E-state index contributed by atoms with van der Waals surface area (Å²) in [5, 5.41) is 3.18. The summed E-state index contributed by atoms with van der Waals surface area (Å²) in [6.45, 7) is 11.8. The Bertz CT molecular complexity index is 763. The van der Waals surface area contributed by atoms with Crippen LogP contribution < -0.4 is 5.32 Å². The number of nitrogens with one attached hydrogen (secondary N) is 1. The third-order valence-corrected chi connectivity index (χ3v) is 7.76. The van der Waals surface area contributed by atoms with Crippen LogP contribution in [0.5, 0.6) is 0 Å². The van der Waals surface area contributed by atoms with E-state index in [1.54, 1.807) is 0 Å². The van der Waals surface area contributed by atoms with Crippen molar-refractivity contribution in [3.63, 3.8) is 0 Å². The second-order valence-corrected chi connectivity index (χ2v) is 9.89. The van der Waals surface area contributed by atoms with Gasteiger partial charge in [-0.25, -0.2) is 4.79 Å². The molecule has 2 bridgehead atoms. The Morgan fingerprint density at radius 3 is 2.66 bits per heavy atom. The summed E-state index contributed by atoms with van der Waals surface area (Å²) in [4.78, 5) is 17.8. The Balaban J connectivity index is 1.45. The number of benzene rings is 1. The van der Waals surface area contributed by atoms with Gasteiger partial charge in [-0.2, -0.15) is 0 Å². The maximum atomic E-state index is 13.3. The number of hydrogen-bond acceptors (Lipinski definition) is 2. The van der Waals surface area contributed by atoms with Gasteiger partial charge in [0.15, 0.2) is 0 Å². The quantitative estimate of drug-likeness (QED) is 0.663. The Morgan fingerprint density at radius 2 is 1.97 bits per heavy atom. The number of anilines is 1. The monoisotopic (exact) mass is 395 g/mol. The van der Waals surface area contributed by atoms with Crippen molar-refractivity contribution in [2.24, 2.45) is 17.3 Å². The summed E-state index contributed by atoms with van der Waals surface area (Å²) in [7, 11) is 0. The fraction of sp³-hybridized carbons (Fsp3) is 0.640. The van der Waals surface area contributed by atoms with Crippen LogP contribution in [0, 0.1) is 24.2 Å². The first-order chi connectivity index (χ1) is 13.9. The number of likely N-dealkylation sites (tertiary alicyclic amines) is 1. The lowest BCUT2D eigenvalue weighted by Crippen LogP contribution is -2.51. The summed E-state index contributed by atoms with van der Waals surface area (Å²) in [5.74, 6) is 1.48. The van der Waals surface area contributed by atoms with Gasteiger partial charge in [0.05, 0.1) is 0 Å². The molecule has 5 rings (SSSR count). The van der Waals surface area contributed by atoms with E-state index in [4.69, 9.17) is 0 Å². The maximum absolute atomic E-state index is 13.3. The molecule has 2 atom stereocenters. The molecule has 1 heterocycles. The molecule has 1 aromatic carbocycles. The molecule has 0 aromatic heterocycles. The number of rotatable bonds is 6. The number of nitrogens with zero attached hydrogens (tertiary/aromatic N) is 2. The van der Waals surface area contributed by atoms with Crippen molar-refractivity contribution in [1.82, 2.24) is 9.80 Å². The van der Waals surface area contributed by atoms with E-state index in [1.807, 2.05) is 31.2 Å². The molecule has 1 saturated heterocycles. The number of carbonyl (C=O) groups excluding carboxylic acids is 1. The predicted octanol–water partition coefficient (Wildman–Crippen LogP) is 5.31. The van der Waals surface area contributed by atoms with E-state index in [0.717, 1.165) is 36.8 Å². The number of para-hydroxylation sites is 1. The SMILES string of the molecule is Cc1ccccc1NC(=O)N(CCN1CCCCC1)CC1=CC[C@@H]2C[C@H]1C2(C)C. The van der Waals surface area contributed by atoms with Gasteiger partial charge in [0.1, 0.15) is 0 Å². The van der Waals surface area contributed by atoms with Gasteiger partial charge < -0.3 is 15.1 Å². The number of fused-ring (bicyclic) bond motifs is 1. The van der Waals surface area contributed by atoms with Gasteiger partial charge in [0.25, 0.3) is 0 Å². The molecule has 2 fully saturated rings. The molecule has 0 spiro atoms. The third kappa shape index (κ3) is 4.37. The number of carbonyl (C=O) groups is 1. The zero-order valence-electron chi connectivity index (χ0n) is 18.4. The van der Waals surface area contributed by atoms with Crippen molar-refractivity contribution in [2.45, 2.75) is 52.9 Å². The second kappa shape index (κ2) is 8.51. The third-order valence-electron chi connectivity index (χ3n) is 7.76. The van der Waals surface area contributed by atoms with Gasteiger partial charge in [0.2, 0.25) is 0 Å². The normalized spacial score (nSPS) is 25.7. The largest absolute Gasteiger partial charge is 0.322 e. The number of urea groups is 1. The molecule has 2 amide bonds. The number of aryl methyl sites for hydroxylation is 1. The van der Waals surface area contributed by atoms with E-state index >= 15 is 0 Å². The zero-order valence-corrected chi connectivity index (χ0v) is 18.4. The van der Waals surface area contributed by atoms with Gasteiger partial charge in [-0.15, -0.1) is 0 Å². The van der Waals surface area contributed by atoms with Gasteiger partial charge >= 0.3 is 6.03 Å². The topological polar surface area (TPSA) is 35.6 Å². The van der Waals surface area contributed by atoms with Crippen LogP contribution >= 0.6 is 0 Å². The summed E-state index contributed by atoms with van der Waals surface area (Å²) in [5.41, 5.74) is 3.91. The van der Waals surface area contributed by atoms with Crippen LogP contribution in [0.4, 0.5) is 10.5 Å². The van der Waals surface area contributed by atoms with Crippen molar-refractivity contribution in [2.75, 3.05) is 38.0 Å². The molecule has 1 saturated carbocycles. The van der Waals surface area contributed by atoms with Crippen LogP contribution in [0.1, 0.15) is 51.5 Å². The Labute approximate surface area is 176 Å². The average molecular weight is 396 g/mol. The number of allylic oxidation sites excluding steroid dienone is 1. The average Bonchev–Trinajstić information content (AvgIpc) is 2.73. The van der Waals surface area contributed by atoms with E-state index < -0.39 is 0 Å². The highest BCUT2D eigenvalue weighted by atomic mass is 16.2. The first kappa shape index (κ1) is 20.5. The summed E-state index contributed by atoms with van der Waals surface area (Å²) >= 11 is 0. The highest BCUT2D eigenvalue weighted by Gasteiger charge is 2.51. The van der Waals surface area contributed by atoms with E-state index in [0.29, 0.717) is 11.3 Å². The van der Waals surface area contributed by atoms with Crippen molar-refractivity contribution in [3.05, 3.63) is 41.5 Å². The molecule has 4 aliphatic rings. The molecular weight excluding hydrogens is 358 g/mol. The zero-order chi connectivity index (χ0) is 20.4. The van der Waals surface area contributed by atoms with Crippen molar-refractivity contribution in [1.29, 1.82) is 0 Å². The number of amides is 2. The second-order valence-electron chi connectivity index (χ2n) is 9.89. The summed E-state index contributed by atoms with van der Waals surface area (Å²) in [6, 6.07) is 8.09. The van der Waals surface area contributed by atoms with Crippen LogP contribution in [0.15, 0.2) is 35.9 Å². The smallest absolute Gasteiger partial charge is 0.319 e. The maximum Gasteiger partial charge on any atom is 0.322 e. The molecule has 4 nitrogen and oxygen atoms in total. The van der Waals surface area contributed by atoms with Crippen LogP contribution in [0.25, 0.3) is 0 Å². The minimum absolute atomic E-state index is 0.0384. The molecule has 3 aliphatic carbocycles. The van der Waals surface area contributed by atoms with Crippen LogP contribution in [0.2, 0.25) is 0 Å². The van der Waals surface area contributed by atoms with Crippen molar-refractivity contribution < 1.29 is 4.79 Å². The van der Waals surface area contributed by atoms with Crippen molar-refractivity contribution in [3.8, 4) is 0 Å². The molecule has 4 heteroatoms. The first-order valence-corrected chi connectivity index (χ1v) is 11.5. The molecule has 158 valence electrons. The van der Waals surface area contributed by atoms with Crippen molar-refractivity contribution >= 4 is 11.7 Å². The minimum Gasteiger partial charge on any atom is -0.319 e. The summed E-state index contributed by atoms with van der Waals surface area (Å²) < 4.78 is 0. The number of piperidine rings is 1. The Hall–Kier alpha value is -1.81. The van der Waals surface area contributed by atoms with Crippen LogP contribution in [-0.4, -0.2) is 48.6 Å².